The van der Waals surface area contributed by atoms with Gasteiger partial charge in [0.2, 0.25) is 21.9 Å². The Bertz CT molecular complexity index is 964. The Hall–Kier alpha value is -2.51. The van der Waals surface area contributed by atoms with Crippen LogP contribution in [0.15, 0.2) is 30.3 Å². The number of carboxylic acids is 1. The molecule has 0 spiro atoms. The van der Waals surface area contributed by atoms with Gasteiger partial charge in [-0.2, -0.15) is 0 Å². The van der Waals surface area contributed by atoms with Crippen molar-refractivity contribution in [2.24, 2.45) is 0 Å². The van der Waals surface area contributed by atoms with Gasteiger partial charge in [-0.3, -0.25) is 0 Å². The molecular formula is C25H33O6Si. The van der Waals surface area contributed by atoms with Crippen molar-refractivity contribution in [3.05, 3.63) is 52.6 Å². The van der Waals surface area contributed by atoms with Crippen molar-refractivity contribution in [3.63, 3.8) is 0 Å². The number of hydrogen-bond acceptors (Lipinski definition) is 5. The van der Waals surface area contributed by atoms with Crippen LogP contribution < -0.4 is 14.2 Å². The molecule has 1 aliphatic rings. The summed E-state index contributed by atoms with van der Waals surface area (Å²) in [5, 5.41) is 9.97. The van der Waals surface area contributed by atoms with E-state index in [4.69, 9.17) is 18.6 Å². The summed E-state index contributed by atoms with van der Waals surface area (Å²) >= 11 is 0. The van der Waals surface area contributed by atoms with Crippen molar-refractivity contribution in [3.8, 4) is 17.2 Å². The topological polar surface area (TPSA) is 74.2 Å². The number of rotatable bonds is 9. The Labute approximate surface area is 192 Å². The zero-order valence-electron chi connectivity index (χ0n) is 19.8. The van der Waals surface area contributed by atoms with Gasteiger partial charge < -0.3 is 23.7 Å². The molecule has 0 aromatic heterocycles. The smallest absolute Gasteiger partial charge is 0.349 e. The first-order valence-corrected chi connectivity index (χ1v) is 13.4. The van der Waals surface area contributed by atoms with Crippen LogP contribution in [0, 0.1) is 0 Å². The van der Waals surface area contributed by atoms with Crippen LogP contribution in [-0.2, 0) is 27.7 Å². The highest BCUT2D eigenvalue weighted by Gasteiger charge is 2.28. The molecule has 1 atom stereocenters. The Morgan fingerprint density at radius 2 is 1.84 bits per heavy atom. The third kappa shape index (κ3) is 5.45. The Kier molecular flexibility index (Phi) is 7.51. The average Bonchev–Trinajstić information content (AvgIpc) is 3.18. The van der Waals surface area contributed by atoms with Gasteiger partial charge in [-0.1, -0.05) is 46.2 Å². The van der Waals surface area contributed by atoms with Gasteiger partial charge in [0.1, 0.15) is 5.75 Å². The van der Waals surface area contributed by atoms with Gasteiger partial charge in [0.05, 0.1) is 6.61 Å². The minimum Gasteiger partial charge on any atom is -0.478 e. The third-order valence-electron chi connectivity index (χ3n) is 5.37. The minimum atomic E-state index is -1.16. The molecule has 3 rings (SSSR count). The van der Waals surface area contributed by atoms with Crippen LogP contribution in [0.25, 0.3) is 0 Å². The second-order valence-corrected chi connectivity index (χ2v) is 11.3. The van der Waals surface area contributed by atoms with E-state index in [0.717, 1.165) is 24.0 Å². The zero-order valence-corrected chi connectivity index (χ0v) is 20.8. The first-order chi connectivity index (χ1) is 15.1. The minimum absolute atomic E-state index is 0.0718. The largest absolute Gasteiger partial charge is 0.478 e. The summed E-state index contributed by atoms with van der Waals surface area (Å²) in [5.41, 5.74) is 3.77. The van der Waals surface area contributed by atoms with Crippen molar-refractivity contribution in [1.29, 1.82) is 0 Å². The molecule has 6 nitrogen and oxygen atoms in total. The predicted molar refractivity (Wildman–Crippen MR) is 125 cm³/mol. The van der Waals surface area contributed by atoms with Crippen LogP contribution in [0.4, 0.5) is 0 Å². The van der Waals surface area contributed by atoms with Crippen LogP contribution in [0.3, 0.4) is 0 Å². The Balaban J connectivity index is 2.04. The molecule has 1 radical (unpaired) electrons. The first kappa shape index (κ1) is 24.1. The molecule has 0 fully saturated rings. The summed E-state index contributed by atoms with van der Waals surface area (Å²) < 4.78 is 23.0. The Morgan fingerprint density at radius 1 is 1.12 bits per heavy atom. The first-order valence-electron chi connectivity index (χ1n) is 11.0. The van der Waals surface area contributed by atoms with E-state index in [2.05, 4.69) is 40.8 Å². The zero-order chi connectivity index (χ0) is 23.5. The summed E-state index contributed by atoms with van der Waals surface area (Å²) in [7, 11) is -0.882. The second kappa shape index (κ2) is 9.96. The molecule has 7 heteroatoms. The standard InChI is InChI=1S/C25H33O6Si/c1-7-8-17-18(14-30-32(5)6)19(25(2,3)4)10-12-20(17)31-23(24(26)27)16-9-11-21-22(13-16)29-15-28-21/h9-13,23H,7-8,14-15H2,1-6H3,(H,26,27). The van der Waals surface area contributed by atoms with E-state index in [9.17, 15) is 9.90 Å². The van der Waals surface area contributed by atoms with Crippen molar-refractivity contribution in [2.75, 3.05) is 6.79 Å². The van der Waals surface area contributed by atoms with Crippen molar-refractivity contribution >= 4 is 15.0 Å². The number of carbonyl (C=O) groups is 1. The van der Waals surface area contributed by atoms with Gasteiger partial charge in [0, 0.05) is 5.56 Å². The summed E-state index contributed by atoms with van der Waals surface area (Å²) in [6.45, 7) is 13.5. The number of aliphatic carboxylic acids is 1. The molecule has 1 aliphatic heterocycles. The van der Waals surface area contributed by atoms with E-state index < -0.39 is 21.1 Å². The summed E-state index contributed by atoms with van der Waals surface area (Å²) in [6, 6.07) is 9.06. The number of ether oxygens (including phenoxy) is 3. The highest BCUT2D eigenvalue weighted by atomic mass is 28.3. The summed E-state index contributed by atoms with van der Waals surface area (Å²) in [4.78, 5) is 12.2. The lowest BCUT2D eigenvalue weighted by Gasteiger charge is -2.28. The maximum Gasteiger partial charge on any atom is 0.349 e. The number of benzene rings is 2. The van der Waals surface area contributed by atoms with E-state index in [-0.39, 0.29) is 12.2 Å². The van der Waals surface area contributed by atoms with Gasteiger partial charge in [0.15, 0.2) is 11.5 Å². The fourth-order valence-corrected chi connectivity index (χ4v) is 4.29. The van der Waals surface area contributed by atoms with Crippen LogP contribution in [0.1, 0.15) is 62.5 Å². The van der Waals surface area contributed by atoms with Gasteiger partial charge in [0.25, 0.3) is 0 Å². The molecule has 0 bridgehead atoms. The quantitative estimate of drug-likeness (QED) is 0.491. The average molecular weight is 458 g/mol. The molecule has 1 unspecified atom stereocenters. The highest BCUT2D eigenvalue weighted by molar-refractivity contribution is 6.48. The number of fused-ring (bicyclic) bond motifs is 1. The Morgan fingerprint density at radius 3 is 2.47 bits per heavy atom. The highest BCUT2D eigenvalue weighted by Crippen LogP contribution is 2.38. The summed E-state index contributed by atoms with van der Waals surface area (Å²) in [6.07, 6.45) is 0.529. The normalized spacial score (nSPS) is 14.0. The predicted octanol–water partition coefficient (Wildman–Crippen LogP) is 5.64. The van der Waals surface area contributed by atoms with E-state index in [0.29, 0.717) is 29.4 Å². The monoisotopic (exact) mass is 457 g/mol. The van der Waals surface area contributed by atoms with Crippen LogP contribution in [0.2, 0.25) is 13.1 Å². The lowest BCUT2D eigenvalue weighted by Crippen LogP contribution is -2.21. The van der Waals surface area contributed by atoms with E-state index in [1.807, 2.05) is 12.1 Å². The maximum atomic E-state index is 12.2. The van der Waals surface area contributed by atoms with Crippen LogP contribution in [-0.4, -0.2) is 26.9 Å². The van der Waals surface area contributed by atoms with Crippen molar-refractivity contribution in [1.82, 2.24) is 0 Å². The van der Waals surface area contributed by atoms with Gasteiger partial charge in [-0.15, -0.1) is 0 Å². The lowest BCUT2D eigenvalue weighted by molar-refractivity contribution is -0.145. The molecule has 2 aromatic rings. The van der Waals surface area contributed by atoms with Crippen molar-refractivity contribution in [2.45, 2.75) is 71.8 Å². The molecular weight excluding hydrogens is 424 g/mol. The van der Waals surface area contributed by atoms with E-state index >= 15 is 0 Å². The number of hydrogen-bond donors (Lipinski definition) is 1. The molecule has 0 saturated carbocycles. The molecule has 173 valence electrons. The van der Waals surface area contributed by atoms with Crippen LogP contribution in [0.5, 0.6) is 17.2 Å². The second-order valence-electron chi connectivity index (χ2n) is 9.21. The lowest BCUT2D eigenvalue weighted by atomic mass is 9.81. The molecule has 1 N–H and O–H groups in total. The molecule has 0 aliphatic carbocycles. The third-order valence-corrected chi connectivity index (χ3v) is 6.09. The van der Waals surface area contributed by atoms with Crippen molar-refractivity contribution < 1.29 is 28.5 Å². The summed E-state index contributed by atoms with van der Waals surface area (Å²) in [5.74, 6) is 0.667. The molecule has 2 aromatic carbocycles. The fourth-order valence-electron chi connectivity index (χ4n) is 3.85. The number of carboxylic acid groups (broad SMARTS) is 1. The maximum absolute atomic E-state index is 12.2. The van der Waals surface area contributed by atoms with Crippen LogP contribution >= 0.6 is 0 Å². The van der Waals surface area contributed by atoms with Gasteiger partial charge in [-0.05, 0) is 59.8 Å². The molecule has 32 heavy (non-hydrogen) atoms. The molecule has 0 amide bonds. The van der Waals surface area contributed by atoms with Gasteiger partial charge >= 0.3 is 5.97 Å². The van der Waals surface area contributed by atoms with Gasteiger partial charge in [-0.25, -0.2) is 4.79 Å². The van der Waals surface area contributed by atoms with E-state index in [1.165, 1.54) is 5.56 Å². The molecule has 1 heterocycles. The fraction of sp³-hybridized carbons (Fsp3) is 0.480. The SMILES string of the molecule is CCCc1c(OC(C(=O)O)c2ccc3c(c2)OCO3)ccc(C(C)(C)C)c1CO[Si](C)C. The van der Waals surface area contributed by atoms with E-state index in [1.54, 1.807) is 18.2 Å². The molecule has 0 saturated heterocycles.